The van der Waals surface area contributed by atoms with Crippen LogP contribution >= 0.6 is 15.9 Å². The molecule has 1 aromatic rings. The summed E-state index contributed by atoms with van der Waals surface area (Å²) in [5, 5.41) is 11.7. The molecule has 0 bridgehead atoms. The van der Waals surface area contributed by atoms with Gasteiger partial charge in [0.25, 0.3) is 0 Å². The van der Waals surface area contributed by atoms with E-state index in [1.807, 2.05) is 0 Å². The summed E-state index contributed by atoms with van der Waals surface area (Å²) in [5.41, 5.74) is 6.17. The van der Waals surface area contributed by atoms with Crippen molar-refractivity contribution in [2.75, 3.05) is 25.0 Å². The number of rotatable bonds is 3. The topological polar surface area (TPSA) is 95.7 Å². The van der Waals surface area contributed by atoms with E-state index in [9.17, 15) is 9.59 Å². The van der Waals surface area contributed by atoms with Gasteiger partial charge in [-0.2, -0.15) is 0 Å². The third-order valence-electron chi connectivity index (χ3n) is 3.36. The predicted molar refractivity (Wildman–Crippen MR) is 78.9 cm³/mol. The van der Waals surface area contributed by atoms with Crippen LogP contribution in [0, 0.1) is 5.92 Å². The van der Waals surface area contributed by atoms with Crippen molar-refractivity contribution in [2.24, 2.45) is 11.7 Å². The molecule has 1 aliphatic heterocycles. The highest BCUT2D eigenvalue weighted by Gasteiger charge is 2.25. The Morgan fingerprint density at radius 3 is 2.85 bits per heavy atom. The van der Waals surface area contributed by atoms with E-state index in [-0.39, 0.29) is 11.6 Å². The van der Waals surface area contributed by atoms with E-state index in [0.717, 1.165) is 6.42 Å². The van der Waals surface area contributed by atoms with E-state index in [1.165, 1.54) is 12.1 Å². The summed E-state index contributed by atoms with van der Waals surface area (Å²) in [4.78, 5) is 24.7. The summed E-state index contributed by atoms with van der Waals surface area (Å²) < 4.78 is 0.644. The average molecular weight is 342 g/mol. The minimum Gasteiger partial charge on any atom is -0.478 e. The van der Waals surface area contributed by atoms with Crippen molar-refractivity contribution < 1.29 is 14.7 Å². The number of halogens is 1. The number of hydrogen-bond donors (Lipinski definition) is 3. The molecule has 7 heteroatoms. The van der Waals surface area contributed by atoms with E-state index in [4.69, 9.17) is 10.8 Å². The average Bonchev–Trinajstić information content (AvgIpc) is 2.89. The summed E-state index contributed by atoms with van der Waals surface area (Å²) in [5.74, 6) is -0.688. The number of carbonyl (C=O) groups excluding carboxylic acids is 1. The van der Waals surface area contributed by atoms with Crippen LogP contribution in [0.25, 0.3) is 0 Å². The minimum atomic E-state index is -1.03. The van der Waals surface area contributed by atoms with Gasteiger partial charge in [0.05, 0.1) is 11.3 Å². The zero-order valence-corrected chi connectivity index (χ0v) is 12.4. The highest BCUT2D eigenvalue weighted by molar-refractivity contribution is 9.10. The van der Waals surface area contributed by atoms with Gasteiger partial charge in [-0.25, -0.2) is 9.59 Å². The first kappa shape index (κ1) is 14.8. The van der Waals surface area contributed by atoms with Gasteiger partial charge in [-0.15, -0.1) is 0 Å². The van der Waals surface area contributed by atoms with Crippen molar-refractivity contribution in [1.29, 1.82) is 0 Å². The number of anilines is 1. The predicted octanol–water partition coefficient (Wildman–Crippen LogP) is 1.96. The minimum absolute atomic E-state index is 0.129. The molecule has 1 aliphatic rings. The van der Waals surface area contributed by atoms with Gasteiger partial charge in [0.2, 0.25) is 0 Å². The highest BCUT2D eigenvalue weighted by Crippen LogP contribution is 2.25. The first-order valence-corrected chi connectivity index (χ1v) is 7.09. The molecule has 20 heavy (non-hydrogen) atoms. The molecule has 1 fully saturated rings. The maximum absolute atomic E-state index is 12.1. The van der Waals surface area contributed by atoms with E-state index in [0.29, 0.717) is 35.7 Å². The molecule has 2 amide bonds. The number of nitrogens with two attached hydrogens (primary N) is 1. The Morgan fingerprint density at radius 2 is 2.25 bits per heavy atom. The van der Waals surface area contributed by atoms with E-state index < -0.39 is 5.97 Å². The Hall–Kier alpha value is -1.60. The van der Waals surface area contributed by atoms with Crippen molar-refractivity contribution in [3.63, 3.8) is 0 Å². The molecule has 4 N–H and O–H groups in total. The van der Waals surface area contributed by atoms with Gasteiger partial charge < -0.3 is 21.1 Å². The third-order valence-corrected chi connectivity index (χ3v) is 4.05. The monoisotopic (exact) mass is 341 g/mol. The summed E-state index contributed by atoms with van der Waals surface area (Å²) >= 11 is 3.30. The van der Waals surface area contributed by atoms with Gasteiger partial charge in [-0.1, -0.05) is 0 Å². The normalized spacial score (nSPS) is 18.1. The molecule has 6 nitrogen and oxygen atoms in total. The third kappa shape index (κ3) is 3.29. The fourth-order valence-corrected chi connectivity index (χ4v) is 2.50. The van der Waals surface area contributed by atoms with E-state index in [1.54, 1.807) is 11.0 Å². The van der Waals surface area contributed by atoms with Crippen LogP contribution in [-0.2, 0) is 0 Å². The van der Waals surface area contributed by atoms with Gasteiger partial charge in [-0.05, 0) is 53.0 Å². The van der Waals surface area contributed by atoms with Gasteiger partial charge in [0, 0.05) is 17.6 Å². The first-order valence-electron chi connectivity index (χ1n) is 6.30. The largest absolute Gasteiger partial charge is 0.478 e. The summed E-state index contributed by atoms with van der Waals surface area (Å²) in [7, 11) is 0. The molecule has 0 radical (unpaired) electrons. The molecule has 0 aliphatic carbocycles. The number of amides is 2. The molecule has 1 heterocycles. The van der Waals surface area contributed by atoms with Crippen molar-refractivity contribution >= 4 is 33.6 Å². The molecule has 1 aromatic carbocycles. The zero-order valence-electron chi connectivity index (χ0n) is 10.8. The molecular formula is C13H16BrN3O3. The number of urea groups is 1. The van der Waals surface area contributed by atoms with Crippen LogP contribution in [0.4, 0.5) is 10.5 Å². The number of nitrogens with zero attached hydrogens (tertiary/aromatic N) is 1. The number of likely N-dealkylation sites (tertiary alicyclic amines) is 1. The van der Waals surface area contributed by atoms with Crippen molar-refractivity contribution in [3.8, 4) is 0 Å². The lowest BCUT2D eigenvalue weighted by molar-refractivity contribution is 0.0697. The number of nitrogens with one attached hydrogen (secondary N) is 1. The molecule has 1 unspecified atom stereocenters. The number of aromatic carboxylic acids is 1. The summed E-state index contributed by atoms with van der Waals surface area (Å²) in [6.07, 6.45) is 0.903. The number of hydrogen-bond acceptors (Lipinski definition) is 3. The van der Waals surface area contributed by atoms with Gasteiger partial charge in [-0.3, -0.25) is 0 Å². The van der Waals surface area contributed by atoms with Crippen LogP contribution in [0.3, 0.4) is 0 Å². The number of carboxylic acids is 1. The Kier molecular flexibility index (Phi) is 4.61. The lowest BCUT2D eigenvalue weighted by atomic mass is 10.1. The molecule has 1 saturated heterocycles. The van der Waals surface area contributed by atoms with Crippen LogP contribution in [0.15, 0.2) is 22.7 Å². The summed E-state index contributed by atoms with van der Waals surface area (Å²) in [6.45, 7) is 1.88. The molecular weight excluding hydrogens is 326 g/mol. The summed E-state index contributed by atoms with van der Waals surface area (Å²) in [6, 6.07) is 4.28. The van der Waals surface area contributed by atoms with Crippen LogP contribution < -0.4 is 11.1 Å². The SMILES string of the molecule is NCC1CCN(C(=O)Nc2cc(C(=O)O)ccc2Br)C1. The molecule has 108 valence electrons. The molecule has 0 saturated carbocycles. The smallest absolute Gasteiger partial charge is 0.335 e. The lowest BCUT2D eigenvalue weighted by Crippen LogP contribution is -2.33. The standard InChI is InChI=1S/C13H16BrN3O3/c14-10-2-1-9(12(18)19)5-11(10)16-13(20)17-4-3-8(6-15)7-17/h1-2,5,8H,3-4,6-7,15H2,(H,16,20)(H,18,19). The van der Waals surface area contributed by atoms with Crippen molar-refractivity contribution in [3.05, 3.63) is 28.2 Å². The molecule has 2 rings (SSSR count). The van der Waals surface area contributed by atoms with Crippen LogP contribution in [0.2, 0.25) is 0 Å². The second kappa shape index (κ2) is 6.23. The van der Waals surface area contributed by atoms with Gasteiger partial charge in [0.15, 0.2) is 0 Å². The Balaban J connectivity index is 2.08. The number of benzene rings is 1. The molecule has 0 aromatic heterocycles. The molecule has 0 spiro atoms. The fraction of sp³-hybridized carbons (Fsp3) is 0.385. The Bertz CT molecular complexity index is 536. The fourth-order valence-electron chi connectivity index (χ4n) is 2.16. The quantitative estimate of drug-likeness (QED) is 0.782. The van der Waals surface area contributed by atoms with Crippen molar-refractivity contribution in [1.82, 2.24) is 4.90 Å². The van der Waals surface area contributed by atoms with Crippen molar-refractivity contribution in [2.45, 2.75) is 6.42 Å². The Morgan fingerprint density at radius 1 is 1.50 bits per heavy atom. The lowest BCUT2D eigenvalue weighted by Gasteiger charge is -2.18. The van der Waals surface area contributed by atoms with E-state index in [2.05, 4.69) is 21.2 Å². The second-order valence-electron chi connectivity index (χ2n) is 4.77. The van der Waals surface area contributed by atoms with Crippen LogP contribution in [-0.4, -0.2) is 41.6 Å². The van der Waals surface area contributed by atoms with Gasteiger partial charge >= 0.3 is 12.0 Å². The highest BCUT2D eigenvalue weighted by atomic mass is 79.9. The van der Waals surface area contributed by atoms with Crippen LogP contribution in [0.5, 0.6) is 0 Å². The van der Waals surface area contributed by atoms with Crippen LogP contribution in [0.1, 0.15) is 16.8 Å². The maximum Gasteiger partial charge on any atom is 0.335 e. The van der Waals surface area contributed by atoms with Gasteiger partial charge in [0.1, 0.15) is 0 Å². The number of carbonyl (C=O) groups is 2. The second-order valence-corrected chi connectivity index (χ2v) is 5.62. The molecule has 1 atom stereocenters. The zero-order chi connectivity index (χ0) is 14.7. The van der Waals surface area contributed by atoms with E-state index >= 15 is 0 Å². The number of carboxylic acid groups (broad SMARTS) is 1. The first-order chi connectivity index (χ1) is 9.51. The Labute approximate surface area is 125 Å². The maximum atomic E-state index is 12.1.